The predicted octanol–water partition coefficient (Wildman–Crippen LogP) is 3.50. The number of carbonyl (C=O) groups excluding carboxylic acids is 2. The molecule has 3 heterocycles. The largest absolute Gasteiger partial charge is 0.313 e. The minimum Gasteiger partial charge on any atom is -0.313 e. The predicted molar refractivity (Wildman–Crippen MR) is 111 cm³/mol. The smallest absolute Gasteiger partial charge is 0.242 e. The van der Waals surface area contributed by atoms with Crippen LogP contribution in [0, 0.1) is 6.92 Å². The molecule has 0 bridgehead atoms. The van der Waals surface area contributed by atoms with Crippen LogP contribution in [0.1, 0.15) is 28.7 Å². The summed E-state index contributed by atoms with van der Waals surface area (Å²) in [6.07, 6.45) is 1.73. The molecule has 0 radical (unpaired) electrons. The van der Waals surface area contributed by atoms with Crippen molar-refractivity contribution in [2.24, 2.45) is 0 Å². The van der Waals surface area contributed by atoms with Crippen LogP contribution >= 0.6 is 11.6 Å². The van der Waals surface area contributed by atoms with Gasteiger partial charge < -0.3 is 10.2 Å². The zero-order valence-electron chi connectivity index (χ0n) is 16.1. The molecule has 7 heteroatoms. The van der Waals surface area contributed by atoms with E-state index < -0.39 is 5.41 Å². The number of hydrogen-bond donors (Lipinski definition) is 1. The van der Waals surface area contributed by atoms with E-state index in [1.54, 1.807) is 28.9 Å². The van der Waals surface area contributed by atoms with E-state index >= 15 is 0 Å². The summed E-state index contributed by atoms with van der Waals surface area (Å²) >= 11 is 6.41. The number of aromatic nitrogens is 2. The fraction of sp³-hybridized carbons (Fsp3) is 0.227. The first-order valence-corrected chi connectivity index (χ1v) is 9.78. The summed E-state index contributed by atoms with van der Waals surface area (Å²) < 4.78 is 1.74. The Morgan fingerprint density at radius 1 is 1.14 bits per heavy atom. The lowest BCUT2D eigenvalue weighted by Gasteiger charge is -2.32. The van der Waals surface area contributed by atoms with Gasteiger partial charge in [0.1, 0.15) is 11.2 Å². The third-order valence-corrected chi connectivity index (χ3v) is 6.19. The highest BCUT2D eigenvalue weighted by molar-refractivity contribution is 6.35. The molecule has 2 aromatic carbocycles. The number of hydrogen-bond acceptors (Lipinski definition) is 3. The number of para-hydroxylation sites is 1. The van der Waals surface area contributed by atoms with Gasteiger partial charge in [0.25, 0.3) is 0 Å². The highest BCUT2D eigenvalue weighted by Gasteiger charge is 2.56. The highest BCUT2D eigenvalue weighted by atomic mass is 35.5. The third kappa shape index (κ3) is 2.45. The van der Waals surface area contributed by atoms with Crippen molar-refractivity contribution in [2.45, 2.75) is 25.3 Å². The molecule has 1 atom stereocenters. The molecular formula is C22H19ClN4O2. The summed E-state index contributed by atoms with van der Waals surface area (Å²) in [7, 11) is 1.70. The molecule has 146 valence electrons. The first-order chi connectivity index (χ1) is 13.9. The Kier molecular flexibility index (Phi) is 3.83. The van der Waals surface area contributed by atoms with Crippen LogP contribution in [0.25, 0.3) is 0 Å². The van der Waals surface area contributed by atoms with Crippen molar-refractivity contribution in [1.82, 2.24) is 9.78 Å². The topological polar surface area (TPSA) is 67.2 Å². The fourth-order valence-electron chi connectivity index (χ4n) is 4.46. The van der Waals surface area contributed by atoms with Gasteiger partial charge in [0.05, 0.1) is 23.5 Å². The Balaban J connectivity index is 1.67. The molecule has 0 fully saturated rings. The van der Waals surface area contributed by atoms with Gasteiger partial charge in [-0.1, -0.05) is 53.6 Å². The third-order valence-electron chi connectivity index (χ3n) is 5.89. The second kappa shape index (κ2) is 6.19. The van der Waals surface area contributed by atoms with Crippen LogP contribution in [0.2, 0.25) is 5.02 Å². The van der Waals surface area contributed by atoms with Gasteiger partial charge in [0, 0.05) is 19.0 Å². The van der Waals surface area contributed by atoms with Gasteiger partial charge in [0.15, 0.2) is 0 Å². The van der Waals surface area contributed by atoms with Crippen LogP contribution in [0.15, 0.2) is 48.7 Å². The number of rotatable bonds is 2. The molecule has 6 nitrogen and oxygen atoms in total. The van der Waals surface area contributed by atoms with Crippen molar-refractivity contribution in [3.63, 3.8) is 0 Å². The number of likely N-dealkylation sites (N-methyl/N-ethyl adjacent to an activating group) is 1. The van der Waals surface area contributed by atoms with Crippen LogP contribution in [0.3, 0.4) is 0 Å². The average molecular weight is 407 g/mol. The molecule has 2 aliphatic rings. The first-order valence-electron chi connectivity index (χ1n) is 9.40. The van der Waals surface area contributed by atoms with E-state index in [1.165, 1.54) is 5.56 Å². The summed E-state index contributed by atoms with van der Waals surface area (Å²) in [5, 5.41) is 7.95. The van der Waals surface area contributed by atoms with Crippen molar-refractivity contribution >= 4 is 34.9 Å². The number of aryl methyl sites for hydroxylation is 1. The van der Waals surface area contributed by atoms with E-state index in [2.05, 4.69) is 10.4 Å². The number of amides is 2. The summed E-state index contributed by atoms with van der Waals surface area (Å²) in [4.78, 5) is 27.7. The Labute approximate surface area is 173 Å². The van der Waals surface area contributed by atoms with Crippen molar-refractivity contribution < 1.29 is 9.59 Å². The van der Waals surface area contributed by atoms with Gasteiger partial charge in [-0.25, -0.2) is 4.68 Å². The van der Waals surface area contributed by atoms with Gasteiger partial charge in [-0.05, 0) is 24.1 Å². The Morgan fingerprint density at radius 3 is 2.66 bits per heavy atom. The van der Waals surface area contributed by atoms with Crippen molar-refractivity contribution in [2.75, 3.05) is 17.3 Å². The molecule has 0 aliphatic carbocycles. The summed E-state index contributed by atoms with van der Waals surface area (Å²) in [5.41, 5.74) is 3.26. The van der Waals surface area contributed by atoms with Gasteiger partial charge >= 0.3 is 0 Å². The number of nitrogens with zero attached hydrogens (tertiary/aromatic N) is 3. The van der Waals surface area contributed by atoms with Crippen LogP contribution in [-0.2, 0) is 21.5 Å². The van der Waals surface area contributed by atoms with E-state index in [0.29, 0.717) is 28.6 Å². The molecule has 1 N–H and O–H groups in total. The van der Waals surface area contributed by atoms with Gasteiger partial charge in [-0.2, -0.15) is 5.10 Å². The first kappa shape index (κ1) is 17.9. The quantitative estimate of drug-likeness (QED) is 0.708. The molecule has 1 unspecified atom stereocenters. The summed E-state index contributed by atoms with van der Waals surface area (Å²) in [5.74, 6) is 0.195. The Hall–Kier alpha value is -3.12. The summed E-state index contributed by atoms with van der Waals surface area (Å²) in [6.45, 7) is 2.53. The zero-order chi connectivity index (χ0) is 20.3. The Bertz CT molecular complexity index is 1170. The number of nitrogens with one attached hydrogen (secondary N) is 1. The standard InChI is InChI=1S/C22H19ClN4O2/c1-13-6-8-14(9-7-13)12-27-20-16(11-24-27)22(10-18(28)25-20)15-4-3-5-17(23)19(15)26(2)21(22)29/h3-9,11H,10,12H2,1-2H3,(H,25,28). The molecule has 5 rings (SSSR count). The molecule has 0 saturated heterocycles. The van der Waals surface area contributed by atoms with E-state index in [4.69, 9.17) is 11.6 Å². The minimum absolute atomic E-state index is 0.0345. The summed E-state index contributed by atoms with van der Waals surface area (Å²) in [6, 6.07) is 13.6. The molecule has 1 spiro atoms. The minimum atomic E-state index is -1.10. The lowest BCUT2D eigenvalue weighted by Crippen LogP contribution is -2.45. The van der Waals surface area contributed by atoms with E-state index in [1.807, 2.05) is 43.3 Å². The molecule has 1 aromatic heterocycles. The lowest BCUT2D eigenvalue weighted by molar-refractivity contribution is -0.126. The monoisotopic (exact) mass is 406 g/mol. The highest BCUT2D eigenvalue weighted by Crippen LogP contribution is 2.53. The SMILES string of the molecule is Cc1ccc(Cn2ncc3c2NC(=O)CC32C(=O)N(C)c3c(Cl)cccc32)cc1. The number of fused-ring (bicyclic) bond motifs is 4. The zero-order valence-corrected chi connectivity index (χ0v) is 16.8. The Morgan fingerprint density at radius 2 is 1.90 bits per heavy atom. The number of anilines is 2. The molecule has 0 saturated carbocycles. The lowest BCUT2D eigenvalue weighted by atomic mass is 9.72. The van der Waals surface area contributed by atoms with Crippen molar-refractivity contribution in [3.05, 3.63) is 75.9 Å². The van der Waals surface area contributed by atoms with E-state index in [-0.39, 0.29) is 18.2 Å². The number of halogens is 1. The second-order valence-corrected chi connectivity index (χ2v) is 8.09. The normalized spacial score (nSPS) is 20.0. The molecule has 2 aliphatic heterocycles. The van der Waals surface area contributed by atoms with Crippen LogP contribution in [0.5, 0.6) is 0 Å². The van der Waals surface area contributed by atoms with Gasteiger partial charge in [-0.15, -0.1) is 0 Å². The van der Waals surface area contributed by atoms with Crippen LogP contribution in [-0.4, -0.2) is 28.6 Å². The number of benzene rings is 2. The second-order valence-electron chi connectivity index (χ2n) is 7.68. The van der Waals surface area contributed by atoms with E-state index in [9.17, 15) is 9.59 Å². The van der Waals surface area contributed by atoms with Gasteiger partial charge in [-0.3, -0.25) is 9.59 Å². The molecule has 29 heavy (non-hydrogen) atoms. The van der Waals surface area contributed by atoms with E-state index in [0.717, 1.165) is 11.1 Å². The van der Waals surface area contributed by atoms with Crippen molar-refractivity contribution in [1.29, 1.82) is 0 Å². The van der Waals surface area contributed by atoms with Crippen molar-refractivity contribution in [3.8, 4) is 0 Å². The number of carbonyl (C=O) groups is 2. The average Bonchev–Trinajstić information content (AvgIpc) is 3.18. The maximum Gasteiger partial charge on any atom is 0.242 e. The van der Waals surface area contributed by atoms with Gasteiger partial charge in [0.2, 0.25) is 11.8 Å². The maximum absolute atomic E-state index is 13.5. The maximum atomic E-state index is 13.5. The molecular weight excluding hydrogens is 388 g/mol. The molecule has 3 aromatic rings. The van der Waals surface area contributed by atoms with Crippen LogP contribution in [0.4, 0.5) is 11.5 Å². The van der Waals surface area contributed by atoms with Crippen LogP contribution < -0.4 is 10.2 Å². The molecule has 2 amide bonds. The fourth-order valence-corrected chi connectivity index (χ4v) is 4.76.